The minimum atomic E-state index is -0.675. The van der Waals surface area contributed by atoms with Crippen LogP contribution in [0.4, 0.5) is 5.69 Å². The van der Waals surface area contributed by atoms with Crippen LogP contribution in [0.25, 0.3) is 10.8 Å². The van der Waals surface area contributed by atoms with Crippen molar-refractivity contribution in [2.24, 2.45) is 5.73 Å². The highest BCUT2D eigenvalue weighted by atomic mass is 16.7. The lowest BCUT2D eigenvalue weighted by molar-refractivity contribution is -0.139. The fourth-order valence-corrected chi connectivity index (χ4v) is 2.41. The number of nitrogens with two attached hydrogens (primary N) is 1. The summed E-state index contributed by atoms with van der Waals surface area (Å²) in [7, 11) is 0. The molecule has 0 aliphatic carbocycles. The fourth-order valence-electron chi connectivity index (χ4n) is 2.41. The van der Waals surface area contributed by atoms with Crippen molar-refractivity contribution < 1.29 is 18.8 Å². The Labute approximate surface area is 148 Å². The van der Waals surface area contributed by atoms with Gasteiger partial charge >= 0.3 is 5.97 Å². The number of para-hydroxylation sites is 1. The molecule has 8 heteroatoms. The molecule has 0 bridgehead atoms. The van der Waals surface area contributed by atoms with Gasteiger partial charge in [0.1, 0.15) is 12.4 Å². The number of nitrogens with one attached hydrogen (secondary N) is 3. The van der Waals surface area contributed by atoms with Gasteiger partial charge in [0.2, 0.25) is 0 Å². The molecule has 132 valence electrons. The first kappa shape index (κ1) is 17.0. The highest BCUT2D eigenvalue weighted by Crippen LogP contribution is 2.23. The van der Waals surface area contributed by atoms with E-state index < -0.39 is 11.9 Å². The molecule has 0 saturated heterocycles. The zero-order valence-electron chi connectivity index (χ0n) is 13.6. The zero-order valence-corrected chi connectivity index (χ0v) is 13.6. The topological polar surface area (TPSA) is 130 Å². The highest BCUT2D eigenvalue weighted by molar-refractivity contribution is 6.15. The second-order valence-corrected chi connectivity index (χ2v) is 5.40. The van der Waals surface area contributed by atoms with Gasteiger partial charge in [-0.1, -0.05) is 24.3 Å². The van der Waals surface area contributed by atoms with Crippen LogP contribution >= 0.6 is 0 Å². The normalized spacial score (nSPS) is 10.3. The molecule has 3 rings (SSSR count). The van der Waals surface area contributed by atoms with Crippen LogP contribution in [0, 0.1) is 5.41 Å². The monoisotopic (exact) mass is 352 g/mol. The number of furan rings is 1. The van der Waals surface area contributed by atoms with E-state index in [1.165, 1.54) is 12.5 Å². The molecule has 0 unspecified atom stereocenters. The standard InChI is InChI=1S/C18H16N4O4/c19-17(20)13-7-6-11-9-25-10-14(11)16(13)18(24)21-8-15(23)26-22-12-4-2-1-3-5-12/h1-7,9-10,22H,8H2,(H3,19,20)(H,21,24). The average Bonchev–Trinajstić information content (AvgIpc) is 3.13. The maximum atomic E-state index is 12.5. The molecule has 26 heavy (non-hydrogen) atoms. The van der Waals surface area contributed by atoms with Crippen molar-refractivity contribution in [1.82, 2.24) is 5.32 Å². The quantitative estimate of drug-likeness (QED) is 0.305. The van der Waals surface area contributed by atoms with Crippen LogP contribution < -0.4 is 16.5 Å². The lowest BCUT2D eigenvalue weighted by Crippen LogP contribution is -2.33. The minimum Gasteiger partial charge on any atom is -0.471 e. The van der Waals surface area contributed by atoms with Crippen molar-refractivity contribution in [2.45, 2.75) is 0 Å². The number of benzene rings is 2. The van der Waals surface area contributed by atoms with Crippen LogP contribution in [0.15, 0.2) is 59.4 Å². The van der Waals surface area contributed by atoms with E-state index in [0.29, 0.717) is 16.5 Å². The van der Waals surface area contributed by atoms with Crippen LogP contribution in [0.3, 0.4) is 0 Å². The van der Waals surface area contributed by atoms with Gasteiger partial charge in [-0.2, -0.15) is 0 Å². The Bertz CT molecular complexity index is 966. The zero-order chi connectivity index (χ0) is 18.5. The van der Waals surface area contributed by atoms with Gasteiger partial charge in [0.25, 0.3) is 5.91 Å². The van der Waals surface area contributed by atoms with Crippen LogP contribution in [0.5, 0.6) is 0 Å². The van der Waals surface area contributed by atoms with Gasteiger partial charge in [0, 0.05) is 16.3 Å². The number of carbonyl (C=O) groups is 2. The molecule has 1 heterocycles. The molecule has 0 spiro atoms. The molecule has 0 saturated carbocycles. The number of amidine groups is 1. The van der Waals surface area contributed by atoms with E-state index in [0.717, 1.165) is 0 Å². The van der Waals surface area contributed by atoms with Crippen LogP contribution in [-0.2, 0) is 9.63 Å². The number of nitrogen functional groups attached to an aromatic ring is 1. The summed E-state index contributed by atoms with van der Waals surface area (Å²) < 4.78 is 5.11. The second kappa shape index (κ2) is 7.39. The van der Waals surface area contributed by atoms with Gasteiger partial charge in [-0.05, 0) is 18.2 Å². The summed E-state index contributed by atoms with van der Waals surface area (Å²) in [5.41, 5.74) is 9.08. The summed E-state index contributed by atoms with van der Waals surface area (Å²) in [5, 5.41) is 11.3. The first-order valence-electron chi connectivity index (χ1n) is 7.68. The number of hydrogen-bond donors (Lipinski definition) is 4. The number of amides is 1. The Morgan fingerprint density at radius 2 is 1.88 bits per heavy atom. The predicted molar refractivity (Wildman–Crippen MR) is 95.7 cm³/mol. The Hall–Kier alpha value is -3.81. The summed E-state index contributed by atoms with van der Waals surface area (Å²) in [5.74, 6) is -1.49. The van der Waals surface area contributed by atoms with Gasteiger partial charge in [0.15, 0.2) is 0 Å². The molecule has 3 aromatic rings. The highest BCUT2D eigenvalue weighted by Gasteiger charge is 2.19. The van der Waals surface area contributed by atoms with E-state index in [1.54, 1.807) is 36.4 Å². The number of fused-ring (bicyclic) bond motifs is 1. The Balaban J connectivity index is 1.67. The van der Waals surface area contributed by atoms with E-state index in [4.69, 9.17) is 20.4 Å². The largest absolute Gasteiger partial charge is 0.471 e. The molecule has 1 aromatic heterocycles. The molecule has 8 nitrogen and oxygen atoms in total. The lowest BCUT2D eigenvalue weighted by Gasteiger charge is -2.11. The Kier molecular flexibility index (Phi) is 4.84. The molecule has 0 aliphatic heterocycles. The van der Waals surface area contributed by atoms with Crippen LogP contribution in [0.1, 0.15) is 15.9 Å². The van der Waals surface area contributed by atoms with Gasteiger partial charge in [-0.3, -0.25) is 10.2 Å². The first-order valence-corrected chi connectivity index (χ1v) is 7.68. The van der Waals surface area contributed by atoms with Crippen molar-refractivity contribution in [2.75, 3.05) is 12.0 Å². The second-order valence-electron chi connectivity index (χ2n) is 5.40. The van der Waals surface area contributed by atoms with E-state index in [-0.39, 0.29) is 23.5 Å². The molecule has 0 fully saturated rings. The minimum absolute atomic E-state index is 0.174. The third kappa shape index (κ3) is 3.64. The van der Waals surface area contributed by atoms with Gasteiger partial charge in [-0.15, -0.1) is 0 Å². The molecule has 0 aliphatic rings. The lowest BCUT2D eigenvalue weighted by atomic mass is 10.0. The van der Waals surface area contributed by atoms with Crippen molar-refractivity contribution in [3.05, 3.63) is 66.1 Å². The summed E-state index contributed by atoms with van der Waals surface area (Å²) >= 11 is 0. The Morgan fingerprint density at radius 3 is 2.62 bits per heavy atom. The maximum Gasteiger partial charge on any atom is 0.351 e. The summed E-state index contributed by atoms with van der Waals surface area (Å²) in [6, 6.07) is 12.1. The van der Waals surface area contributed by atoms with Crippen LogP contribution in [-0.4, -0.2) is 24.3 Å². The molecule has 0 atom stereocenters. The van der Waals surface area contributed by atoms with E-state index >= 15 is 0 Å². The smallest absolute Gasteiger partial charge is 0.351 e. The van der Waals surface area contributed by atoms with Gasteiger partial charge in [0.05, 0.1) is 23.8 Å². The van der Waals surface area contributed by atoms with Crippen molar-refractivity contribution in [1.29, 1.82) is 5.41 Å². The summed E-state index contributed by atoms with van der Waals surface area (Å²) in [4.78, 5) is 29.2. The number of hydrogen-bond acceptors (Lipinski definition) is 6. The molecular formula is C18H16N4O4. The number of carbonyl (C=O) groups excluding carboxylic acids is 2. The SMILES string of the molecule is N=C(N)c1ccc2cocc2c1C(=O)NCC(=O)ONc1ccccc1. The third-order valence-electron chi connectivity index (χ3n) is 3.63. The fraction of sp³-hybridized carbons (Fsp3) is 0.0556. The predicted octanol–water partition coefficient (Wildman–Crippen LogP) is 2.02. The molecule has 2 aromatic carbocycles. The number of rotatable bonds is 6. The van der Waals surface area contributed by atoms with E-state index in [9.17, 15) is 9.59 Å². The van der Waals surface area contributed by atoms with Crippen molar-refractivity contribution in [3.8, 4) is 0 Å². The van der Waals surface area contributed by atoms with Crippen LogP contribution in [0.2, 0.25) is 0 Å². The third-order valence-corrected chi connectivity index (χ3v) is 3.63. The summed E-state index contributed by atoms with van der Waals surface area (Å²) in [6.45, 7) is -0.357. The van der Waals surface area contributed by atoms with E-state index in [1.807, 2.05) is 6.07 Å². The number of anilines is 1. The first-order chi connectivity index (χ1) is 12.6. The average molecular weight is 352 g/mol. The Morgan fingerprint density at radius 1 is 1.12 bits per heavy atom. The molecule has 1 amide bonds. The van der Waals surface area contributed by atoms with Gasteiger partial charge < -0.3 is 20.3 Å². The maximum absolute atomic E-state index is 12.5. The molecule has 5 N–H and O–H groups in total. The molecular weight excluding hydrogens is 336 g/mol. The molecule has 0 radical (unpaired) electrons. The van der Waals surface area contributed by atoms with Crippen molar-refractivity contribution >= 4 is 34.2 Å². The summed E-state index contributed by atoms with van der Waals surface area (Å²) in [6.07, 6.45) is 2.88. The van der Waals surface area contributed by atoms with E-state index in [2.05, 4.69) is 10.8 Å². The van der Waals surface area contributed by atoms with Gasteiger partial charge in [-0.25, -0.2) is 10.3 Å². The van der Waals surface area contributed by atoms with Crippen molar-refractivity contribution in [3.63, 3.8) is 0 Å².